The van der Waals surface area contributed by atoms with E-state index >= 15 is 0 Å². The summed E-state index contributed by atoms with van der Waals surface area (Å²) >= 11 is 0. The van der Waals surface area contributed by atoms with Crippen molar-refractivity contribution in [2.24, 2.45) is 0 Å². The summed E-state index contributed by atoms with van der Waals surface area (Å²) in [4.78, 5) is 11.5. The number of carbonyl (C=O) groups is 1. The first-order chi connectivity index (χ1) is 11.0. The van der Waals surface area contributed by atoms with Gasteiger partial charge in [0.05, 0.1) is 9.79 Å². The van der Waals surface area contributed by atoms with Gasteiger partial charge in [-0.15, -0.1) is 0 Å². The first-order valence-corrected chi connectivity index (χ1v) is 10.9. The minimum Gasteiger partial charge on any atom is -0.480 e. The van der Waals surface area contributed by atoms with Crippen LogP contribution >= 0.6 is 0 Å². The summed E-state index contributed by atoms with van der Waals surface area (Å²) in [6.07, 6.45) is 1.83. The molecule has 1 aliphatic rings. The van der Waals surface area contributed by atoms with E-state index in [1.807, 2.05) is 0 Å². The molecule has 1 aromatic rings. The molecule has 7 nitrogen and oxygen atoms in total. The van der Waals surface area contributed by atoms with Crippen molar-refractivity contribution < 1.29 is 26.7 Å². The lowest BCUT2D eigenvalue weighted by Gasteiger charge is -2.33. The Kier molecular flexibility index (Phi) is 4.82. The quantitative estimate of drug-likeness (QED) is 0.833. The van der Waals surface area contributed by atoms with Crippen molar-refractivity contribution in [3.8, 4) is 0 Å². The Morgan fingerprint density at radius 1 is 1.29 bits per heavy atom. The Hall–Kier alpha value is -1.45. The van der Waals surface area contributed by atoms with Crippen molar-refractivity contribution in [3.05, 3.63) is 23.8 Å². The van der Waals surface area contributed by atoms with Gasteiger partial charge in [0.25, 0.3) is 0 Å². The summed E-state index contributed by atoms with van der Waals surface area (Å²) in [6, 6.07) is 3.88. The van der Waals surface area contributed by atoms with Gasteiger partial charge in [0.15, 0.2) is 9.84 Å². The SMILES string of the molecule is CCC1(C(=O)O)CCCN1S(=O)(=O)c1cc(S(C)(=O)=O)ccc1C. The number of rotatable bonds is 5. The standard InChI is InChI=1S/C15H21NO6S2/c1-4-15(14(17)18)8-5-9-16(15)24(21,22)13-10-12(23(3,19)20)7-6-11(13)2/h6-7,10H,4-5,8-9H2,1-3H3,(H,17,18). The van der Waals surface area contributed by atoms with Gasteiger partial charge in [-0.25, -0.2) is 16.8 Å². The third kappa shape index (κ3) is 2.96. The van der Waals surface area contributed by atoms with Gasteiger partial charge in [-0.1, -0.05) is 13.0 Å². The van der Waals surface area contributed by atoms with Crippen molar-refractivity contribution in [1.29, 1.82) is 0 Å². The van der Waals surface area contributed by atoms with Crippen molar-refractivity contribution in [2.75, 3.05) is 12.8 Å². The highest BCUT2D eigenvalue weighted by molar-refractivity contribution is 7.91. The van der Waals surface area contributed by atoms with Crippen LogP contribution in [0, 0.1) is 6.92 Å². The predicted octanol–water partition coefficient (Wildman–Crippen LogP) is 1.42. The van der Waals surface area contributed by atoms with E-state index in [1.54, 1.807) is 13.8 Å². The summed E-state index contributed by atoms with van der Waals surface area (Å²) in [7, 11) is -7.70. The van der Waals surface area contributed by atoms with Gasteiger partial charge in [-0.3, -0.25) is 4.79 Å². The van der Waals surface area contributed by atoms with E-state index in [-0.39, 0.29) is 29.2 Å². The molecule has 1 atom stereocenters. The number of aryl methyl sites for hydroxylation is 1. The second kappa shape index (κ2) is 6.12. The number of nitrogens with zero attached hydrogens (tertiary/aromatic N) is 1. The highest BCUT2D eigenvalue weighted by atomic mass is 32.2. The van der Waals surface area contributed by atoms with Gasteiger partial charge < -0.3 is 5.11 Å². The number of sulfone groups is 1. The molecule has 1 unspecified atom stereocenters. The first-order valence-electron chi connectivity index (χ1n) is 7.54. The third-order valence-corrected chi connectivity index (χ3v) is 7.79. The number of carboxylic acid groups (broad SMARTS) is 1. The lowest BCUT2D eigenvalue weighted by Crippen LogP contribution is -2.52. The normalized spacial score (nSPS) is 22.6. The van der Waals surface area contributed by atoms with E-state index in [9.17, 15) is 26.7 Å². The number of sulfonamides is 1. The molecule has 0 bridgehead atoms. The highest BCUT2D eigenvalue weighted by Crippen LogP contribution is 2.38. The molecule has 9 heteroatoms. The average Bonchev–Trinajstić information content (AvgIpc) is 2.92. The van der Waals surface area contributed by atoms with E-state index in [1.165, 1.54) is 12.1 Å². The van der Waals surface area contributed by atoms with E-state index in [2.05, 4.69) is 0 Å². The van der Waals surface area contributed by atoms with Crippen LogP contribution in [0.5, 0.6) is 0 Å². The Labute approximate surface area is 142 Å². The van der Waals surface area contributed by atoms with Crippen molar-refractivity contribution in [2.45, 2.75) is 48.4 Å². The molecule has 0 aromatic heterocycles. The fourth-order valence-corrected chi connectivity index (χ4v) is 5.97. The average molecular weight is 375 g/mol. The maximum Gasteiger partial charge on any atom is 0.325 e. The molecule has 1 aromatic carbocycles. The molecule has 134 valence electrons. The number of carboxylic acids is 1. The fraction of sp³-hybridized carbons (Fsp3) is 0.533. The molecule has 0 spiro atoms. The van der Waals surface area contributed by atoms with Crippen LogP contribution < -0.4 is 0 Å². The smallest absolute Gasteiger partial charge is 0.325 e. The fourth-order valence-electron chi connectivity index (χ4n) is 3.13. The Morgan fingerprint density at radius 2 is 1.92 bits per heavy atom. The van der Waals surface area contributed by atoms with Gasteiger partial charge >= 0.3 is 5.97 Å². The zero-order valence-electron chi connectivity index (χ0n) is 13.8. The second-order valence-electron chi connectivity index (χ2n) is 6.07. The topological polar surface area (TPSA) is 109 Å². The van der Waals surface area contributed by atoms with E-state index in [0.29, 0.717) is 12.0 Å². The zero-order chi connectivity index (χ0) is 18.3. The molecule has 0 saturated carbocycles. The Balaban J connectivity index is 2.65. The molecule has 1 aliphatic heterocycles. The predicted molar refractivity (Wildman–Crippen MR) is 88.1 cm³/mol. The number of benzene rings is 1. The van der Waals surface area contributed by atoms with Gasteiger partial charge in [-0.05, 0) is 43.9 Å². The Bertz CT molecular complexity index is 875. The lowest BCUT2D eigenvalue weighted by molar-refractivity contribution is -0.147. The summed E-state index contributed by atoms with van der Waals surface area (Å²) in [5.74, 6) is -1.18. The van der Waals surface area contributed by atoms with Crippen molar-refractivity contribution in [3.63, 3.8) is 0 Å². The summed E-state index contributed by atoms with van der Waals surface area (Å²) in [5.41, 5.74) is -1.10. The molecule has 2 rings (SSSR count). The molecule has 1 heterocycles. The van der Waals surface area contributed by atoms with Crippen LogP contribution in [-0.2, 0) is 24.7 Å². The van der Waals surface area contributed by atoms with Crippen LogP contribution in [0.3, 0.4) is 0 Å². The molecule has 0 radical (unpaired) electrons. The first kappa shape index (κ1) is 18.9. The Morgan fingerprint density at radius 3 is 2.42 bits per heavy atom. The third-order valence-electron chi connectivity index (χ3n) is 4.57. The minimum absolute atomic E-state index is 0.102. The maximum atomic E-state index is 13.1. The molecule has 0 amide bonds. The summed E-state index contributed by atoms with van der Waals surface area (Å²) in [6.45, 7) is 3.30. The van der Waals surface area contributed by atoms with E-state index in [4.69, 9.17) is 0 Å². The molecular formula is C15H21NO6S2. The molecule has 0 aliphatic carbocycles. The van der Waals surface area contributed by atoms with E-state index < -0.39 is 31.4 Å². The lowest BCUT2D eigenvalue weighted by atomic mass is 9.95. The molecule has 1 N–H and O–H groups in total. The van der Waals surface area contributed by atoms with Crippen LogP contribution in [-0.4, -0.2) is 50.6 Å². The van der Waals surface area contributed by atoms with Crippen LogP contribution in [0.25, 0.3) is 0 Å². The van der Waals surface area contributed by atoms with Crippen molar-refractivity contribution in [1.82, 2.24) is 4.31 Å². The van der Waals surface area contributed by atoms with Crippen LogP contribution in [0.4, 0.5) is 0 Å². The number of aliphatic carboxylic acids is 1. The van der Waals surface area contributed by atoms with Gasteiger partial charge in [0, 0.05) is 12.8 Å². The molecule has 24 heavy (non-hydrogen) atoms. The van der Waals surface area contributed by atoms with Crippen LogP contribution in [0.2, 0.25) is 0 Å². The molecule has 1 fully saturated rings. The van der Waals surface area contributed by atoms with Crippen molar-refractivity contribution >= 4 is 25.8 Å². The van der Waals surface area contributed by atoms with Gasteiger partial charge in [-0.2, -0.15) is 4.31 Å². The highest BCUT2D eigenvalue weighted by Gasteiger charge is 2.52. The summed E-state index contributed by atoms with van der Waals surface area (Å²) < 4.78 is 50.6. The molecular weight excluding hydrogens is 354 g/mol. The second-order valence-corrected chi connectivity index (χ2v) is 9.92. The maximum absolute atomic E-state index is 13.1. The number of hydrogen-bond acceptors (Lipinski definition) is 5. The minimum atomic E-state index is -4.13. The number of hydrogen-bond donors (Lipinski definition) is 1. The van der Waals surface area contributed by atoms with Crippen LogP contribution in [0.1, 0.15) is 31.7 Å². The van der Waals surface area contributed by atoms with Gasteiger partial charge in [0.2, 0.25) is 10.0 Å². The molecule has 1 saturated heterocycles. The zero-order valence-corrected chi connectivity index (χ0v) is 15.4. The van der Waals surface area contributed by atoms with Crippen LogP contribution in [0.15, 0.2) is 28.0 Å². The largest absolute Gasteiger partial charge is 0.480 e. The van der Waals surface area contributed by atoms with Gasteiger partial charge in [0.1, 0.15) is 5.54 Å². The monoisotopic (exact) mass is 375 g/mol. The van der Waals surface area contributed by atoms with E-state index in [0.717, 1.165) is 16.6 Å². The summed E-state index contributed by atoms with van der Waals surface area (Å²) in [5, 5.41) is 9.60.